The number of nitrogens with zero attached hydrogens (tertiary/aromatic N) is 2. The van der Waals surface area contributed by atoms with Gasteiger partial charge in [0, 0.05) is 38.1 Å². The van der Waals surface area contributed by atoms with E-state index in [1.54, 1.807) is 19.4 Å². The largest absolute Gasteiger partial charge is 0.396 e. The Morgan fingerprint density at radius 2 is 2.47 bits per heavy atom. The molecule has 1 aromatic rings. The molecule has 0 bridgehead atoms. The number of pyridine rings is 1. The first kappa shape index (κ1) is 13.6. The number of nitrogens with one attached hydrogen (secondary N) is 1. The molecule has 0 saturated heterocycles. The van der Waals surface area contributed by atoms with Gasteiger partial charge in [0.2, 0.25) is 0 Å². The third-order valence-corrected chi connectivity index (χ3v) is 2.42. The van der Waals surface area contributed by atoms with Gasteiger partial charge in [0.15, 0.2) is 0 Å². The van der Waals surface area contributed by atoms with E-state index >= 15 is 0 Å². The van der Waals surface area contributed by atoms with Crippen LogP contribution in [-0.4, -0.2) is 36.5 Å². The van der Waals surface area contributed by atoms with Crippen LogP contribution in [0, 0.1) is 11.3 Å². The molecule has 5 nitrogen and oxygen atoms in total. The Labute approximate surface area is 101 Å². The molecule has 0 aliphatic carbocycles. The van der Waals surface area contributed by atoms with E-state index in [4.69, 9.17) is 15.1 Å². The van der Waals surface area contributed by atoms with Crippen molar-refractivity contribution in [2.45, 2.75) is 19.0 Å². The lowest BCUT2D eigenvalue weighted by atomic mass is 10.1. The van der Waals surface area contributed by atoms with Crippen molar-refractivity contribution in [3.8, 4) is 6.07 Å². The third kappa shape index (κ3) is 4.49. The molecule has 0 amide bonds. The number of aliphatic hydroxyl groups excluding tert-OH is 1. The minimum Gasteiger partial charge on any atom is -0.396 e. The maximum Gasteiger partial charge on any atom is 0.144 e. The van der Waals surface area contributed by atoms with Gasteiger partial charge >= 0.3 is 0 Å². The topological polar surface area (TPSA) is 78.2 Å². The van der Waals surface area contributed by atoms with Gasteiger partial charge in [-0.25, -0.2) is 4.98 Å². The number of aromatic nitrogens is 1. The normalized spacial score (nSPS) is 12.1. The predicted octanol–water partition coefficient (Wildman–Crippen LogP) is 0.440. The van der Waals surface area contributed by atoms with Crippen molar-refractivity contribution in [2.75, 3.05) is 20.3 Å². The fourth-order valence-electron chi connectivity index (χ4n) is 1.54. The highest BCUT2D eigenvalue weighted by Crippen LogP contribution is 2.04. The summed E-state index contributed by atoms with van der Waals surface area (Å²) in [5.74, 6) is 0. The summed E-state index contributed by atoms with van der Waals surface area (Å²) in [6.07, 6.45) is 2.22. The molecule has 17 heavy (non-hydrogen) atoms. The average Bonchev–Trinajstić information content (AvgIpc) is 2.37. The number of hydrogen-bond acceptors (Lipinski definition) is 5. The Kier molecular flexibility index (Phi) is 6.18. The van der Waals surface area contributed by atoms with E-state index < -0.39 is 0 Å². The second-order valence-corrected chi connectivity index (χ2v) is 3.67. The molecule has 1 aromatic heterocycles. The highest BCUT2D eigenvalue weighted by atomic mass is 16.5. The molecule has 1 heterocycles. The minimum absolute atomic E-state index is 0.0803. The summed E-state index contributed by atoms with van der Waals surface area (Å²) < 4.78 is 5.05. The summed E-state index contributed by atoms with van der Waals surface area (Å²) in [6.45, 7) is 1.19. The van der Waals surface area contributed by atoms with E-state index in [1.807, 2.05) is 6.07 Å². The Bertz CT molecular complexity index is 370. The van der Waals surface area contributed by atoms with E-state index in [-0.39, 0.29) is 12.6 Å². The molecule has 1 atom stereocenters. The molecule has 0 fully saturated rings. The van der Waals surface area contributed by atoms with Crippen LogP contribution in [0.1, 0.15) is 17.7 Å². The zero-order valence-electron chi connectivity index (χ0n) is 9.89. The molecule has 0 saturated carbocycles. The second kappa shape index (κ2) is 7.74. The molecular formula is C12H17N3O2. The quantitative estimate of drug-likeness (QED) is 0.717. The van der Waals surface area contributed by atoms with Crippen molar-refractivity contribution in [1.82, 2.24) is 10.3 Å². The van der Waals surface area contributed by atoms with Gasteiger partial charge in [0.05, 0.1) is 6.61 Å². The highest BCUT2D eigenvalue weighted by Gasteiger charge is 2.08. The zero-order valence-corrected chi connectivity index (χ0v) is 9.89. The molecule has 0 radical (unpaired) electrons. The number of methoxy groups -OCH3 is 1. The average molecular weight is 235 g/mol. The van der Waals surface area contributed by atoms with Gasteiger partial charge in [-0.3, -0.25) is 0 Å². The SMILES string of the molecule is COCC(CCO)NCc1cccnc1C#N. The summed E-state index contributed by atoms with van der Waals surface area (Å²) in [7, 11) is 1.62. The van der Waals surface area contributed by atoms with Crippen molar-refractivity contribution in [2.24, 2.45) is 0 Å². The van der Waals surface area contributed by atoms with Gasteiger partial charge in [-0.05, 0) is 12.5 Å². The van der Waals surface area contributed by atoms with Crippen LogP contribution in [0.5, 0.6) is 0 Å². The molecule has 2 N–H and O–H groups in total. The van der Waals surface area contributed by atoms with Gasteiger partial charge in [0.25, 0.3) is 0 Å². The fraction of sp³-hybridized carbons (Fsp3) is 0.500. The Morgan fingerprint density at radius 3 is 3.12 bits per heavy atom. The Hall–Kier alpha value is -1.48. The maximum atomic E-state index is 8.90. The van der Waals surface area contributed by atoms with Gasteiger partial charge in [-0.1, -0.05) is 6.07 Å². The summed E-state index contributed by atoms with van der Waals surface area (Å²) >= 11 is 0. The van der Waals surface area contributed by atoms with Crippen LogP contribution in [0.2, 0.25) is 0 Å². The summed E-state index contributed by atoms with van der Waals surface area (Å²) in [5, 5.41) is 21.0. The summed E-state index contributed by atoms with van der Waals surface area (Å²) in [6, 6.07) is 5.80. The molecular weight excluding hydrogens is 218 g/mol. The molecule has 92 valence electrons. The molecule has 0 aliphatic heterocycles. The molecule has 1 rings (SSSR count). The molecule has 1 unspecified atom stereocenters. The fourth-order valence-corrected chi connectivity index (χ4v) is 1.54. The monoisotopic (exact) mass is 235 g/mol. The number of aliphatic hydroxyl groups is 1. The van der Waals surface area contributed by atoms with Crippen molar-refractivity contribution < 1.29 is 9.84 Å². The molecule has 0 aliphatic rings. The Balaban J connectivity index is 2.56. The van der Waals surface area contributed by atoms with Gasteiger partial charge in [-0.15, -0.1) is 0 Å². The maximum absolute atomic E-state index is 8.90. The number of ether oxygens (including phenoxy) is 1. The van der Waals surface area contributed by atoms with Gasteiger partial charge in [-0.2, -0.15) is 5.26 Å². The van der Waals surface area contributed by atoms with E-state index in [0.29, 0.717) is 25.3 Å². The summed E-state index contributed by atoms with van der Waals surface area (Å²) in [4.78, 5) is 3.99. The van der Waals surface area contributed by atoms with E-state index in [1.165, 1.54) is 0 Å². The molecule has 0 aromatic carbocycles. The van der Waals surface area contributed by atoms with Crippen molar-refractivity contribution in [3.63, 3.8) is 0 Å². The lowest BCUT2D eigenvalue weighted by Crippen LogP contribution is -2.33. The Morgan fingerprint density at radius 1 is 1.65 bits per heavy atom. The standard InChI is InChI=1S/C12H17N3O2/c1-17-9-11(4-6-16)15-8-10-3-2-5-14-12(10)7-13/h2-3,5,11,15-16H,4,6,8-9H2,1H3. The van der Waals surface area contributed by atoms with Crippen LogP contribution in [-0.2, 0) is 11.3 Å². The number of rotatable bonds is 7. The lowest BCUT2D eigenvalue weighted by molar-refractivity contribution is 0.148. The molecule has 5 heteroatoms. The van der Waals surface area contributed by atoms with Gasteiger partial charge < -0.3 is 15.2 Å². The second-order valence-electron chi connectivity index (χ2n) is 3.67. The van der Waals surface area contributed by atoms with E-state index in [0.717, 1.165) is 5.56 Å². The minimum atomic E-state index is 0.0803. The third-order valence-electron chi connectivity index (χ3n) is 2.42. The first-order valence-electron chi connectivity index (χ1n) is 5.49. The lowest BCUT2D eigenvalue weighted by Gasteiger charge is -2.16. The first-order chi connectivity index (χ1) is 8.31. The molecule has 0 spiro atoms. The number of hydrogen-bond donors (Lipinski definition) is 2. The first-order valence-corrected chi connectivity index (χ1v) is 5.49. The van der Waals surface area contributed by atoms with E-state index in [2.05, 4.69) is 16.4 Å². The van der Waals surface area contributed by atoms with Crippen LogP contribution in [0.4, 0.5) is 0 Å². The van der Waals surface area contributed by atoms with Gasteiger partial charge in [0.1, 0.15) is 11.8 Å². The highest BCUT2D eigenvalue weighted by molar-refractivity contribution is 5.30. The van der Waals surface area contributed by atoms with Crippen LogP contribution in [0.25, 0.3) is 0 Å². The van der Waals surface area contributed by atoms with Crippen LogP contribution in [0.15, 0.2) is 18.3 Å². The summed E-state index contributed by atoms with van der Waals surface area (Å²) in [5.41, 5.74) is 1.29. The van der Waals surface area contributed by atoms with E-state index in [9.17, 15) is 0 Å². The van der Waals surface area contributed by atoms with Crippen molar-refractivity contribution in [1.29, 1.82) is 5.26 Å². The smallest absolute Gasteiger partial charge is 0.144 e. The van der Waals surface area contributed by atoms with Crippen LogP contribution < -0.4 is 5.32 Å². The van der Waals surface area contributed by atoms with Crippen molar-refractivity contribution in [3.05, 3.63) is 29.6 Å². The number of nitriles is 1. The van der Waals surface area contributed by atoms with Crippen molar-refractivity contribution >= 4 is 0 Å². The zero-order chi connectivity index (χ0) is 12.5. The van der Waals surface area contributed by atoms with Crippen LogP contribution >= 0.6 is 0 Å². The predicted molar refractivity (Wildman–Crippen MR) is 63.2 cm³/mol. The van der Waals surface area contributed by atoms with Crippen LogP contribution in [0.3, 0.4) is 0 Å².